The lowest BCUT2D eigenvalue weighted by Crippen LogP contribution is -2.25. The first-order valence-corrected chi connectivity index (χ1v) is 7.59. The van der Waals surface area contributed by atoms with E-state index in [-0.39, 0.29) is 5.56 Å². The lowest BCUT2D eigenvalue weighted by Gasteiger charge is -2.19. The van der Waals surface area contributed by atoms with Crippen molar-refractivity contribution in [1.29, 1.82) is 0 Å². The van der Waals surface area contributed by atoms with Crippen molar-refractivity contribution in [3.8, 4) is 0 Å². The highest BCUT2D eigenvalue weighted by atomic mass is 16.4. The van der Waals surface area contributed by atoms with Gasteiger partial charge in [-0.15, -0.1) is 0 Å². The Morgan fingerprint density at radius 1 is 1.48 bits per heavy atom. The molecule has 3 heterocycles. The minimum absolute atomic E-state index is 0.154. The minimum Gasteiger partial charge on any atom is -0.477 e. The van der Waals surface area contributed by atoms with Crippen LogP contribution in [0, 0.1) is 12.8 Å². The number of aryl methyl sites for hydroxylation is 1. The van der Waals surface area contributed by atoms with E-state index in [4.69, 9.17) is 0 Å². The second kappa shape index (κ2) is 6.60. The summed E-state index contributed by atoms with van der Waals surface area (Å²) in [5.74, 6) is 0.806. The summed E-state index contributed by atoms with van der Waals surface area (Å²) in [4.78, 5) is 25.7. The van der Waals surface area contributed by atoms with Gasteiger partial charge in [0.2, 0.25) is 0 Å². The van der Waals surface area contributed by atoms with Gasteiger partial charge >= 0.3 is 5.97 Å². The Morgan fingerprint density at radius 2 is 2.35 bits per heavy atom. The summed E-state index contributed by atoms with van der Waals surface area (Å²) >= 11 is 0. The number of aromatic nitrogens is 3. The average molecular weight is 313 g/mol. The molecule has 3 rings (SSSR count). The molecule has 120 valence electrons. The van der Waals surface area contributed by atoms with Crippen molar-refractivity contribution < 1.29 is 9.90 Å². The maximum atomic E-state index is 11.3. The molecule has 0 aliphatic carbocycles. The van der Waals surface area contributed by atoms with Gasteiger partial charge in [-0.2, -0.15) is 0 Å². The van der Waals surface area contributed by atoms with E-state index < -0.39 is 5.97 Å². The van der Waals surface area contributed by atoms with Crippen molar-refractivity contribution in [3.05, 3.63) is 42.0 Å². The van der Waals surface area contributed by atoms with Crippen LogP contribution < -0.4 is 10.2 Å². The molecule has 0 spiro atoms. The van der Waals surface area contributed by atoms with E-state index in [2.05, 4.69) is 20.3 Å². The number of hydrogen-bond donors (Lipinski definition) is 2. The summed E-state index contributed by atoms with van der Waals surface area (Å²) in [6.07, 6.45) is 3.73. The molecule has 0 saturated carbocycles. The van der Waals surface area contributed by atoms with Gasteiger partial charge in [-0.1, -0.05) is 6.07 Å². The second-order valence-electron chi connectivity index (χ2n) is 5.71. The highest BCUT2D eigenvalue weighted by Crippen LogP contribution is 2.24. The Morgan fingerprint density at radius 3 is 3.13 bits per heavy atom. The maximum Gasteiger partial charge on any atom is 0.341 e. The Labute approximate surface area is 134 Å². The predicted molar refractivity (Wildman–Crippen MR) is 86.8 cm³/mol. The Kier molecular flexibility index (Phi) is 4.36. The molecule has 1 atom stereocenters. The quantitative estimate of drug-likeness (QED) is 0.870. The van der Waals surface area contributed by atoms with Gasteiger partial charge in [0.15, 0.2) is 0 Å². The van der Waals surface area contributed by atoms with Crippen molar-refractivity contribution >= 4 is 17.6 Å². The van der Waals surface area contributed by atoms with Crippen LogP contribution in [-0.2, 0) is 0 Å². The van der Waals surface area contributed by atoms with E-state index >= 15 is 0 Å². The van der Waals surface area contributed by atoms with E-state index in [1.54, 1.807) is 0 Å². The van der Waals surface area contributed by atoms with E-state index in [0.717, 1.165) is 37.6 Å². The van der Waals surface area contributed by atoms with Crippen LogP contribution in [-0.4, -0.2) is 45.7 Å². The number of carbonyl (C=O) groups is 1. The standard InChI is InChI=1S/C16H19N5O2/c1-11-3-2-4-14(20-11)18-7-12-5-6-21(9-12)15-13(16(22)23)8-17-10-19-15/h2-4,8,10,12H,5-7,9H2,1H3,(H,18,20)(H,22,23). The fourth-order valence-electron chi connectivity index (χ4n) is 2.81. The van der Waals surface area contributed by atoms with Crippen molar-refractivity contribution in [2.45, 2.75) is 13.3 Å². The summed E-state index contributed by atoms with van der Waals surface area (Å²) in [5.41, 5.74) is 1.14. The summed E-state index contributed by atoms with van der Waals surface area (Å²) in [6.45, 7) is 4.34. The van der Waals surface area contributed by atoms with Crippen LogP contribution in [0.15, 0.2) is 30.7 Å². The number of carboxylic acid groups (broad SMARTS) is 1. The largest absolute Gasteiger partial charge is 0.477 e. The molecule has 1 saturated heterocycles. The number of nitrogens with one attached hydrogen (secondary N) is 1. The molecule has 1 aliphatic heterocycles. The molecule has 2 aromatic heterocycles. The van der Waals surface area contributed by atoms with Gasteiger partial charge in [0, 0.05) is 31.5 Å². The zero-order valence-electron chi connectivity index (χ0n) is 12.9. The molecule has 1 unspecified atom stereocenters. The summed E-state index contributed by atoms with van der Waals surface area (Å²) in [5, 5.41) is 12.6. The Balaban J connectivity index is 1.62. The SMILES string of the molecule is Cc1cccc(NCC2CCN(c3ncncc3C(=O)O)C2)n1. The zero-order valence-corrected chi connectivity index (χ0v) is 12.9. The van der Waals surface area contributed by atoms with E-state index in [1.807, 2.05) is 30.0 Å². The highest BCUT2D eigenvalue weighted by molar-refractivity contribution is 5.92. The first-order valence-electron chi connectivity index (χ1n) is 7.59. The summed E-state index contributed by atoms with van der Waals surface area (Å²) < 4.78 is 0. The molecular formula is C16H19N5O2. The molecule has 1 fully saturated rings. The lowest BCUT2D eigenvalue weighted by atomic mass is 10.1. The molecule has 7 nitrogen and oxygen atoms in total. The molecule has 1 aliphatic rings. The molecule has 0 bridgehead atoms. The zero-order chi connectivity index (χ0) is 16.2. The van der Waals surface area contributed by atoms with Crippen LogP contribution in [0.2, 0.25) is 0 Å². The third-order valence-corrected chi connectivity index (χ3v) is 3.97. The minimum atomic E-state index is -0.994. The molecule has 0 radical (unpaired) electrons. The van der Waals surface area contributed by atoms with E-state index in [9.17, 15) is 9.90 Å². The number of nitrogens with zero attached hydrogens (tertiary/aromatic N) is 4. The highest BCUT2D eigenvalue weighted by Gasteiger charge is 2.26. The Bertz CT molecular complexity index is 706. The summed E-state index contributed by atoms with van der Waals surface area (Å²) in [6, 6.07) is 5.89. The van der Waals surface area contributed by atoms with Gasteiger partial charge < -0.3 is 15.3 Å². The van der Waals surface area contributed by atoms with Gasteiger partial charge in [0.05, 0.1) is 0 Å². The number of carboxylic acids is 1. The molecule has 23 heavy (non-hydrogen) atoms. The van der Waals surface area contributed by atoms with Gasteiger partial charge in [-0.25, -0.2) is 19.7 Å². The number of pyridine rings is 1. The fourth-order valence-corrected chi connectivity index (χ4v) is 2.81. The number of hydrogen-bond acceptors (Lipinski definition) is 6. The molecule has 0 amide bonds. The predicted octanol–water partition coefficient (Wildman–Crippen LogP) is 1.82. The lowest BCUT2D eigenvalue weighted by molar-refractivity contribution is 0.0696. The third kappa shape index (κ3) is 3.56. The normalized spacial score (nSPS) is 17.3. The van der Waals surface area contributed by atoms with Crippen LogP contribution in [0.3, 0.4) is 0 Å². The molecule has 2 aromatic rings. The van der Waals surface area contributed by atoms with Crippen LogP contribution in [0.4, 0.5) is 11.6 Å². The number of rotatable bonds is 5. The Hall–Kier alpha value is -2.70. The average Bonchev–Trinajstić information content (AvgIpc) is 3.02. The van der Waals surface area contributed by atoms with Crippen molar-refractivity contribution in [2.75, 3.05) is 29.9 Å². The van der Waals surface area contributed by atoms with Crippen LogP contribution in [0.1, 0.15) is 22.5 Å². The topological polar surface area (TPSA) is 91.2 Å². The summed E-state index contributed by atoms with van der Waals surface area (Å²) in [7, 11) is 0. The first kappa shape index (κ1) is 15.2. The van der Waals surface area contributed by atoms with Crippen LogP contribution in [0.25, 0.3) is 0 Å². The van der Waals surface area contributed by atoms with E-state index in [0.29, 0.717) is 11.7 Å². The van der Waals surface area contributed by atoms with Gasteiger partial charge in [0.1, 0.15) is 23.5 Å². The number of aromatic carboxylic acids is 1. The molecule has 0 aromatic carbocycles. The maximum absolute atomic E-state index is 11.3. The smallest absolute Gasteiger partial charge is 0.341 e. The van der Waals surface area contributed by atoms with Crippen LogP contribution in [0.5, 0.6) is 0 Å². The van der Waals surface area contributed by atoms with Gasteiger partial charge in [-0.3, -0.25) is 0 Å². The fraction of sp³-hybridized carbons (Fsp3) is 0.375. The molecule has 7 heteroatoms. The second-order valence-corrected chi connectivity index (χ2v) is 5.71. The monoisotopic (exact) mass is 313 g/mol. The third-order valence-electron chi connectivity index (χ3n) is 3.97. The first-order chi connectivity index (χ1) is 11.1. The molecule has 2 N–H and O–H groups in total. The van der Waals surface area contributed by atoms with E-state index in [1.165, 1.54) is 12.5 Å². The van der Waals surface area contributed by atoms with Crippen molar-refractivity contribution in [1.82, 2.24) is 15.0 Å². The van der Waals surface area contributed by atoms with Crippen LogP contribution >= 0.6 is 0 Å². The molecular weight excluding hydrogens is 294 g/mol. The van der Waals surface area contributed by atoms with Crippen molar-refractivity contribution in [3.63, 3.8) is 0 Å². The van der Waals surface area contributed by atoms with Gasteiger partial charge in [-0.05, 0) is 31.4 Å². The van der Waals surface area contributed by atoms with Crippen molar-refractivity contribution in [2.24, 2.45) is 5.92 Å². The number of anilines is 2. The van der Waals surface area contributed by atoms with Gasteiger partial charge in [0.25, 0.3) is 0 Å².